The summed E-state index contributed by atoms with van der Waals surface area (Å²) in [5.74, 6) is -5.38. The average Bonchev–Trinajstić information content (AvgIpc) is 2.75. The lowest BCUT2D eigenvalue weighted by molar-refractivity contribution is -0.174. The normalized spacial score (nSPS) is 29.4. The number of carbonyl (C=O) groups excluding carboxylic acids is 3. The topological polar surface area (TPSA) is 199 Å². The molecule has 35 heavy (non-hydrogen) atoms. The van der Waals surface area contributed by atoms with Crippen molar-refractivity contribution < 1.29 is 44.7 Å². The number of ketones is 2. The lowest BCUT2D eigenvalue weighted by Crippen LogP contribution is -2.66. The van der Waals surface area contributed by atoms with E-state index < -0.39 is 64.4 Å². The highest BCUT2D eigenvalue weighted by Crippen LogP contribution is 2.53. The zero-order chi connectivity index (χ0) is 26.0. The fourth-order valence-electron chi connectivity index (χ4n) is 5.59. The van der Waals surface area contributed by atoms with Crippen LogP contribution in [0.15, 0.2) is 11.6 Å². The summed E-state index contributed by atoms with van der Waals surface area (Å²) in [4.78, 5) is 50.9. The Hall–Kier alpha value is -3.88. The fourth-order valence-corrected chi connectivity index (χ4v) is 5.59. The fraction of sp³-hybridized carbons (Fsp3) is 0.417. The Morgan fingerprint density at radius 1 is 1.20 bits per heavy atom. The van der Waals surface area contributed by atoms with Gasteiger partial charge in [-0.1, -0.05) is 5.92 Å². The summed E-state index contributed by atoms with van der Waals surface area (Å²) in [5.41, 5.74) is 3.00. The Kier molecular flexibility index (Phi) is 5.62. The Balaban J connectivity index is 1.93. The van der Waals surface area contributed by atoms with Crippen LogP contribution < -0.4 is 10.6 Å². The summed E-state index contributed by atoms with van der Waals surface area (Å²) >= 11 is 0. The van der Waals surface area contributed by atoms with Gasteiger partial charge in [-0.25, -0.2) is 4.79 Å². The number of anilines is 1. The SMILES string of the molecule is CN(C)c1cc(C#CC(=O)O)c(O)c2c1C[C@H]1C[C@H]3CC(O)C(C(N)=O)C(=O)[C@@]3(O)C(=O)C1=C2O. The second-order valence-corrected chi connectivity index (χ2v) is 9.33. The van der Waals surface area contributed by atoms with E-state index in [1.165, 1.54) is 6.07 Å². The minimum Gasteiger partial charge on any atom is -0.507 e. The number of phenols is 1. The third-order valence-electron chi connectivity index (χ3n) is 7.15. The minimum atomic E-state index is -2.67. The molecule has 1 aromatic rings. The molecule has 0 radical (unpaired) electrons. The van der Waals surface area contributed by atoms with Gasteiger partial charge in [0, 0.05) is 37.2 Å². The van der Waals surface area contributed by atoms with E-state index in [9.17, 15) is 39.6 Å². The molecule has 1 amide bonds. The number of primary amides is 1. The number of carbonyl (C=O) groups is 4. The second kappa shape index (κ2) is 8.11. The van der Waals surface area contributed by atoms with Gasteiger partial charge < -0.3 is 36.2 Å². The third kappa shape index (κ3) is 3.45. The van der Waals surface area contributed by atoms with Crippen LogP contribution in [0, 0.1) is 29.6 Å². The zero-order valence-electron chi connectivity index (χ0n) is 18.9. The van der Waals surface area contributed by atoms with Crippen molar-refractivity contribution >= 4 is 34.9 Å². The number of amides is 1. The number of hydrogen-bond acceptors (Lipinski definition) is 9. The van der Waals surface area contributed by atoms with Crippen LogP contribution in [0.1, 0.15) is 29.5 Å². The molecule has 7 N–H and O–H groups in total. The molecule has 0 aliphatic heterocycles. The second-order valence-electron chi connectivity index (χ2n) is 9.33. The summed E-state index contributed by atoms with van der Waals surface area (Å²) in [6.07, 6.45) is -1.48. The average molecular weight is 484 g/mol. The summed E-state index contributed by atoms with van der Waals surface area (Å²) in [7, 11) is 3.39. The van der Waals surface area contributed by atoms with Crippen molar-refractivity contribution in [2.45, 2.75) is 31.0 Å². The van der Waals surface area contributed by atoms with E-state index in [2.05, 4.69) is 5.92 Å². The van der Waals surface area contributed by atoms with Crippen LogP contribution in [-0.2, 0) is 25.6 Å². The molecule has 0 saturated heterocycles. The monoisotopic (exact) mass is 484 g/mol. The van der Waals surface area contributed by atoms with Crippen molar-refractivity contribution in [3.63, 3.8) is 0 Å². The van der Waals surface area contributed by atoms with E-state index in [4.69, 9.17) is 10.8 Å². The van der Waals surface area contributed by atoms with Crippen LogP contribution in [0.5, 0.6) is 5.75 Å². The van der Waals surface area contributed by atoms with Gasteiger partial charge in [0.25, 0.3) is 0 Å². The number of aromatic hydroxyl groups is 1. The smallest absolute Gasteiger partial charge is 0.382 e. The van der Waals surface area contributed by atoms with Crippen LogP contribution >= 0.6 is 0 Å². The highest BCUT2D eigenvalue weighted by atomic mass is 16.4. The van der Waals surface area contributed by atoms with Crippen LogP contribution in [0.4, 0.5) is 5.69 Å². The van der Waals surface area contributed by atoms with E-state index >= 15 is 0 Å². The Morgan fingerprint density at radius 3 is 2.43 bits per heavy atom. The summed E-state index contributed by atoms with van der Waals surface area (Å²) in [6.45, 7) is 0. The van der Waals surface area contributed by atoms with Gasteiger partial charge in [-0.3, -0.25) is 14.4 Å². The van der Waals surface area contributed by atoms with Crippen LogP contribution in [0.25, 0.3) is 5.76 Å². The van der Waals surface area contributed by atoms with E-state index in [1.54, 1.807) is 19.0 Å². The largest absolute Gasteiger partial charge is 0.507 e. The number of rotatable bonds is 2. The molecule has 0 bridgehead atoms. The van der Waals surface area contributed by atoms with Gasteiger partial charge in [0.2, 0.25) is 11.7 Å². The van der Waals surface area contributed by atoms with Crippen molar-refractivity contribution in [3.8, 4) is 17.6 Å². The van der Waals surface area contributed by atoms with Gasteiger partial charge in [0.1, 0.15) is 17.4 Å². The number of phenolic OH excluding ortho intramolecular Hbond substituents is 1. The number of nitrogens with zero attached hydrogens (tertiary/aromatic N) is 1. The van der Waals surface area contributed by atoms with Gasteiger partial charge in [-0.2, -0.15) is 0 Å². The maximum atomic E-state index is 13.5. The number of benzene rings is 1. The van der Waals surface area contributed by atoms with Gasteiger partial charge in [0.05, 0.1) is 17.2 Å². The van der Waals surface area contributed by atoms with E-state index in [0.29, 0.717) is 11.3 Å². The quantitative estimate of drug-likeness (QED) is 0.226. The van der Waals surface area contributed by atoms with Crippen molar-refractivity contribution in [2.24, 2.45) is 23.5 Å². The number of fused-ring (bicyclic) bond motifs is 3. The number of carboxylic acids is 1. The summed E-state index contributed by atoms with van der Waals surface area (Å²) < 4.78 is 0. The molecule has 2 saturated carbocycles. The van der Waals surface area contributed by atoms with Crippen molar-refractivity contribution in [3.05, 3.63) is 28.3 Å². The first-order chi connectivity index (χ1) is 16.3. The third-order valence-corrected chi connectivity index (χ3v) is 7.15. The van der Waals surface area contributed by atoms with Gasteiger partial charge >= 0.3 is 5.97 Å². The van der Waals surface area contributed by atoms with Crippen LogP contribution in [0.3, 0.4) is 0 Å². The predicted octanol–water partition coefficient (Wildman–Crippen LogP) is -0.909. The van der Waals surface area contributed by atoms with E-state index in [1.807, 2.05) is 5.92 Å². The maximum absolute atomic E-state index is 13.5. The first-order valence-corrected chi connectivity index (χ1v) is 10.8. The Bertz CT molecular complexity index is 1290. The number of aliphatic carboxylic acids is 1. The lowest BCUT2D eigenvalue weighted by Gasteiger charge is -2.48. The number of aliphatic hydroxyl groups is 3. The molecular formula is C24H24N2O9. The summed E-state index contributed by atoms with van der Waals surface area (Å²) in [5, 5.41) is 52.5. The molecule has 11 heteroatoms. The van der Waals surface area contributed by atoms with Crippen LogP contribution in [-0.4, -0.2) is 74.8 Å². The molecule has 11 nitrogen and oxygen atoms in total. The van der Waals surface area contributed by atoms with Gasteiger partial charge in [-0.05, 0) is 36.8 Å². The number of aliphatic hydroxyl groups excluding tert-OH is 2. The van der Waals surface area contributed by atoms with Crippen molar-refractivity contribution in [1.29, 1.82) is 0 Å². The molecule has 0 heterocycles. The first kappa shape index (κ1) is 24.3. The number of nitrogens with two attached hydrogens (primary N) is 1. The summed E-state index contributed by atoms with van der Waals surface area (Å²) in [6, 6.07) is 1.47. The maximum Gasteiger partial charge on any atom is 0.382 e. The standard InChI is InChI=1S/C24H24N2O9/c1-26(2)13-7-9(3-4-15(28)29)19(30)17-12(13)6-10-5-11-8-14(27)18(23(25)34)22(33)24(11,35)21(32)16(10)20(17)31/h7,10-11,14,18,27,30-31,35H,5-6,8H2,1-2H3,(H2,25,34)(H,28,29)/t10-,11+,14?,18?,24+/m1/s1. The molecular weight excluding hydrogens is 460 g/mol. The van der Waals surface area contributed by atoms with E-state index in [0.717, 1.165) is 0 Å². The molecule has 2 unspecified atom stereocenters. The van der Waals surface area contributed by atoms with E-state index in [-0.39, 0.29) is 36.0 Å². The minimum absolute atomic E-state index is 0.0452. The highest BCUT2D eigenvalue weighted by molar-refractivity contribution is 6.24. The Morgan fingerprint density at radius 2 is 1.86 bits per heavy atom. The Labute approximate surface area is 199 Å². The molecule has 3 aliphatic rings. The van der Waals surface area contributed by atoms with Crippen LogP contribution in [0.2, 0.25) is 0 Å². The molecule has 5 atom stereocenters. The molecule has 0 aromatic heterocycles. The number of Topliss-reactive ketones (excluding diaryl/α,β-unsaturated/α-hetero) is 2. The lowest BCUT2D eigenvalue weighted by atomic mass is 9.56. The molecule has 3 aliphatic carbocycles. The zero-order valence-corrected chi connectivity index (χ0v) is 18.9. The molecule has 2 fully saturated rings. The van der Waals surface area contributed by atoms with Crippen molar-refractivity contribution in [1.82, 2.24) is 0 Å². The first-order valence-electron chi connectivity index (χ1n) is 10.8. The van der Waals surface area contributed by atoms with Crippen molar-refractivity contribution in [2.75, 3.05) is 19.0 Å². The van der Waals surface area contributed by atoms with Gasteiger partial charge in [0.15, 0.2) is 11.4 Å². The number of hydrogen-bond donors (Lipinski definition) is 6. The predicted molar refractivity (Wildman–Crippen MR) is 120 cm³/mol. The molecule has 184 valence electrons. The number of carboxylic acid groups (broad SMARTS) is 1. The molecule has 1 aromatic carbocycles. The van der Waals surface area contributed by atoms with Gasteiger partial charge in [-0.15, -0.1) is 0 Å². The highest BCUT2D eigenvalue weighted by Gasteiger charge is 2.64. The molecule has 4 rings (SSSR count). The molecule has 0 spiro atoms.